The maximum atomic E-state index is 12.3. The summed E-state index contributed by atoms with van der Waals surface area (Å²) < 4.78 is 0.879. The van der Waals surface area contributed by atoms with Crippen LogP contribution in [0.2, 0.25) is 10.0 Å². The zero-order valence-electron chi connectivity index (χ0n) is 12.4. The molecule has 0 spiro atoms. The van der Waals surface area contributed by atoms with Crippen molar-refractivity contribution in [2.45, 2.75) is 6.54 Å². The predicted molar refractivity (Wildman–Crippen MR) is 89.8 cm³/mol. The summed E-state index contributed by atoms with van der Waals surface area (Å²) in [7, 11) is 0. The normalized spacial score (nSPS) is 10.6. The summed E-state index contributed by atoms with van der Waals surface area (Å²) in [4.78, 5) is 28.2. The summed E-state index contributed by atoms with van der Waals surface area (Å²) in [5, 5.41) is 24.6. The van der Waals surface area contributed by atoms with Crippen molar-refractivity contribution in [2.24, 2.45) is 0 Å². The lowest BCUT2D eigenvalue weighted by atomic mass is 10.2. The Morgan fingerprint density at radius 1 is 1.40 bits per heavy atom. The van der Waals surface area contributed by atoms with E-state index >= 15 is 0 Å². The second kappa shape index (κ2) is 6.47. The fourth-order valence-electron chi connectivity index (χ4n) is 2.16. The van der Waals surface area contributed by atoms with Gasteiger partial charge in [-0.3, -0.25) is 14.7 Å². The molecule has 10 heteroatoms. The van der Waals surface area contributed by atoms with Gasteiger partial charge >= 0.3 is 5.56 Å². The Labute approximate surface area is 150 Å². The number of aromatic hydroxyl groups is 1. The van der Waals surface area contributed by atoms with Gasteiger partial charge in [-0.05, 0) is 17.7 Å². The third-order valence-electron chi connectivity index (χ3n) is 3.41. The molecular weight excluding hydrogens is 369 g/mol. The summed E-state index contributed by atoms with van der Waals surface area (Å²) in [5.74, 6) is -1.59. The molecule has 0 bridgehead atoms. The van der Waals surface area contributed by atoms with Crippen LogP contribution in [0.15, 0.2) is 29.2 Å². The number of rotatable bonds is 3. The van der Waals surface area contributed by atoms with Gasteiger partial charge in [-0.2, -0.15) is 9.78 Å². The van der Waals surface area contributed by atoms with Crippen LogP contribution in [0.1, 0.15) is 21.6 Å². The number of nitrogens with zero attached hydrogens (tertiary/aromatic N) is 3. The number of hydrogen-bond donors (Lipinski definition) is 3. The summed E-state index contributed by atoms with van der Waals surface area (Å²) in [6.45, 7) is 0.0778. The van der Waals surface area contributed by atoms with Gasteiger partial charge in [0.25, 0.3) is 5.91 Å². The van der Waals surface area contributed by atoms with Gasteiger partial charge in [-0.1, -0.05) is 29.3 Å². The molecule has 3 rings (SSSR count). The molecule has 0 saturated carbocycles. The van der Waals surface area contributed by atoms with Crippen LogP contribution < -0.4 is 10.9 Å². The van der Waals surface area contributed by atoms with Crippen LogP contribution in [0.25, 0.3) is 5.65 Å². The topological polar surface area (TPSA) is 123 Å². The molecule has 1 amide bonds. The monoisotopic (exact) mass is 377 g/mol. The minimum atomic E-state index is -0.883. The number of carbonyl (C=O) groups excluding carboxylic acids is 1. The van der Waals surface area contributed by atoms with Gasteiger partial charge in [0.2, 0.25) is 5.75 Å². The summed E-state index contributed by atoms with van der Waals surface area (Å²) in [6, 6.07) is 6.67. The molecular formula is C15H9Cl2N5O3. The van der Waals surface area contributed by atoms with Crippen molar-refractivity contribution in [3.63, 3.8) is 0 Å². The minimum absolute atomic E-state index is 0.0509. The van der Waals surface area contributed by atoms with E-state index in [1.54, 1.807) is 18.2 Å². The number of nitriles is 1. The number of aromatic amines is 1. The molecule has 0 unspecified atom stereocenters. The summed E-state index contributed by atoms with van der Waals surface area (Å²) in [5.41, 5.74) is -0.674. The third kappa shape index (κ3) is 3.03. The second-order valence-electron chi connectivity index (χ2n) is 5.00. The van der Waals surface area contributed by atoms with Gasteiger partial charge in [0.15, 0.2) is 11.3 Å². The van der Waals surface area contributed by atoms with Crippen LogP contribution in [-0.2, 0) is 6.54 Å². The third-order valence-corrected chi connectivity index (χ3v) is 4.15. The van der Waals surface area contributed by atoms with Crippen molar-refractivity contribution < 1.29 is 9.90 Å². The largest absolute Gasteiger partial charge is 0.501 e. The van der Waals surface area contributed by atoms with E-state index in [0.29, 0.717) is 15.6 Å². The predicted octanol–water partition coefficient (Wildman–Crippen LogP) is 1.84. The Hall–Kier alpha value is -3.02. The Balaban J connectivity index is 1.91. The van der Waals surface area contributed by atoms with E-state index < -0.39 is 22.9 Å². The summed E-state index contributed by atoms with van der Waals surface area (Å²) >= 11 is 11.7. The molecule has 3 aromatic rings. The molecule has 0 aliphatic carbocycles. The van der Waals surface area contributed by atoms with Crippen molar-refractivity contribution in [3.05, 3.63) is 61.6 Å². The average molecular weight is 378 g/mol. The molecule has 2 heterocycles. The highest BCUT2D eigenvalue weighted by Crippen LogP contribution is 2.22. The standard InChI is InChI=1S/C15H9Cl2N5O3/c16-9-2-1-7(3-10(9)17)5-19-14(24)11-12(23)15(25)22-13(21-11)8(4-18)6-20-22/h1-3,6,20,23H,5H2,(H,19,24). The number of carbonyl (C=O) groups is 1. The minimum Gasteiger partial charge on any atom is -0.501 e. The summed E-state index contributed by atoms with van der Waals surface area (Å²) in [6.07, 6.45) is 1.25. The lowest BCUT2D eigenvalue weighted by Crippen LogP contribution is -2.27. The SMILES string of the molecule is N#Cc1c[nH]n2c(=O)c(O)c(C(=O)NCc3ccc(Cl)c(Cl)c3)nc12. The number of aromatic nitrogens is 3. The first-order chi connectivity index (χ1) is 11.9. The van der Waals surface area contributed by atoms with Crippen LogP contribution >= 0.6 is 23.2 Å². The van der Waals surface area contributed by atoms with Crippen LogP contribution in [0.4, 0.5) is 0 Å². The van der Waals surface area contributed by atoms with E-state index in [9.17, 15) is 14.7 Å². The van der Waals surface area contributed by atoms with Crippen LogP contribution in [0.5, 0.6) is 5.75 Å². The Bertz CT molecular complexity index is 1100. The number of halogens is 2. The lowest BCUT2D eigenvalue weighted by molar-refractivity contribution is 0.0942. The van der Waals surface area contributed by atoms with Crippen LogP contribution in [-0.4, -0.2) is 25.6 Å². The lowest BCUT2D eigenvalue weighted by Gasteiger charge is -2.07. The van der Waals surface area contributed by atoms with Gasteiger partial charge in [-0.25, -0.2) is 4.98 Å². The van der Waals surface area contributed by atoms with Crippen molar-refractivity contribution in [2.75, 3.05) is 0 Å². The first-order valence-electron chi connectivity index (χ1n) is 6.87. The highest BCUT2D eigenvalue weighted by atomic mass is 35.5. The molecule has 0 aliphatic rings. The van der Waals surface area contributed by atoms with Gasteiger partial charge in [0.05, 0.1) is 10.0 Å². The highest BCUT2D eigenvalue weighted by molar-refractivity contribution is 6.42. The number of H-pyrrole nitrogens is 1. The van der Waals surface area contributed by atoms with Crippen molar-refractivity contribution in [3.8, 4) is 11.8 Å². The molecule has 0 atom stereocenters. The smallest absolute Gasteiger partial charge is 0.315 e. The highest BCUT2D eigenvalue weighted by Gasteiger charge is 2.20. The number of amides is 1. The molecule has 0 aliphatic heterocycles. The number of benzene rings is 1. The number of fused-ring (bicyclic) bond motifs is 1. The second-order valence-corrected chi connectivity index (χ2v) is 5.82. The average Bonchev–Trinajstić information content (AvgIpc) is 3.02. The molecule has 8 nitrogen and oxygen atoms in total. The van der Waals surface area contributed by atoms with E-state index in [4.69, 9.17) is 28.5 Å². The first kappa shape index (κ1) is 16.8. The van der Waals surface area contributed by atoms with Gasteiger partial charge in [0.1, 0.15) is 11.6 Å². The molecule has 0 fully saturated rings. The molecule has 2 aromatic heterocycles. The molecule has 0 saturated heterocycles. The van der Waals surface area contributed by atoms with Crippen molar-refractivity contribution in [1.29, 1.82) is 5.26 Å². The number of hydrogen-bond acceptors (Lipinski definition) is 5. The fraction of sp³-hybridized carbons (Fsp3) is 0.0667. The zero-order valence-corrected chi connectivity index (χ0v) is 13.9. The maximum absolute atomic E-state index is 12.3. The first-order valence-corrected chi connectivity index (χ1v) is 7.63. The van der Waals surface area contributed by atoms with E-state index in [-0.39, 0.29) is 17.8 Å². The molecule has 0 radical (unpaired) electrons. The van der Waals surface area contributed by atoms with Gasteiger partial charge in [0, 0.05) is 12.7 Å². The Kier molecular flexibility index (Phi) is 4.35. The van der Waals surface area contributed by atoms with E-state index in [1.807, 2.05) is 6.07 Å². The van der Waals surface area contributed by atoms with E-state index in [2.05, 4.69) is 15.4 Å². The Morgan fingerprint density at radius 2 is 2.16 bits per heavy atom. The van der Waals surface area contributed by atoms with Crippen LogP contribution in [0.3, 0.4) is 0 Å². The van der Waals surface area contributed by atoms with Gasteiger partial charge < -0.3 is 10.4 Å². The quantitative estimate of drug-likeness (QED) is 0.642. The number of nitrogens with one attached hydrogen (secondary N) is 2. The van der Waals surface area contributed by atoms with Crippen molar-refractivity contribution in [1.82, 2.24) is 19.9 Å². The van der Waals surface area contributed by atoms with Crippen LogP contribution in [0, 0.1) is 11.3 Å². The fourth-order valence-corrected chi connectivity index (χ4v) is 2.48. The molecule has 1 aromatic carbocycles. The molecule has 25 heavy (non-hydrogen) atoms. The maximum Gasteiger partial charge on any atom is 0.315 e. The van der Waals surface area contributed by atoms with Crippen molar-refractivity contribution >= 4 is 34.8 Å². The molecule has 126 valence electrons. The van der Waals surface area contributed by atoms with Gasteiger partial charge in [-0.15, -0.1) is 0 Å². The Morgan fingerprint density at radius 3 is 2.84 bits per heavy atom. The molecule has 3 N–H and O–H groups in total. The zero-order chi connectivity index (χ0) is 18.1. The van der Waals surface area contributed by atoms with E-state index in [1.165, 1.54) is 6.20 Å². The van der Waals surface area contributed by atoms with E-state index in [0.717, 1.165) is 4.52 Å².